The van der Waals surface area contributed by atoms with Gasteiger partial charge in [0.15, 0.2) is 24.6 Å². The van der Waals surface area contributed by atoms with Gasteiger partial charge in [0.1, 0.15) is 18.8 Å². The number of carbonyl (C=O) groups is 4. The Kier molecular flexibility index (Phi) is 52.6. The summed E-state index contributed by atoms with van der Waals surface area (Å²) in [7, 11) is 0. The average Bonchev–Trinajstić information content (AvgIpc) is 3.53. The van der Waals surface area contributed by atoms with E-state index in [0.29, 0.717) is 19.3 Å². The molecule has 1 rings (SSSR count). The molecule has 1 saturated heterocycles. The van der Waals surface area contributed by atoms with Crippen LogP contribution in [0.4, 0.5) is 0 Å². The molecule has 466 valence electrons. The van der Waals surface area contributed by atoms with Gasteiger partial charge in [0, 0.05) is 19.3 Å². The number of aliphatic hydroxyl groups is 2. The van der Waals surface area contributed by atoms with Crippen molar-refractivity contribution < 1.29 is 58.2 Å². The van der Waals surface area contributed by atoms with Gasteiger partial charge in [-0.2, -0.15) is 0 Å². The molecule has 0 amide bonds. The molecule has 0 bridgehead atoms. The standard InChI is InChI=1S/C69H118O12/c1-4-7-10-13-16-19-22-25-28-30-31-33-36-39-42-45-48-51-54-57-63(72)80-67-65(74)64(73)66(68(75)76)81-69(67)78-59-60(79-62(71)56-53-50-47-44-41-38-34-27-24-21-18-15-12-9-6-3)58-77-61(70)55-52-49-46-43-40-37-35-32-29-26-23-20-17-14-11-8-5-2/h8,11,17-18,20-21,26-27,29,34-35,37,60,64-67,69,73-74H,4-7,9-10,12-16,19,22-25,28,30-33,36,38-59H2,1-3H3,(H,75,76)/b11-8-,20-17-,21-18-,29-26-,34-27-,37-35-. The van der Waals surface area contributed by atoms with Crippen LogP contribution in [0, 0.1) is 0 Å². The second kappa shape index (κ2) is 56.6. The van der Waals surface area contributed by atoms with Crippen molar-refractivity contribution in [3.05, 3.63) is 72.9 Å². The van der Waals surface area contributed by atoms with Crippen molar-refractivity contribution in [3.8, 4) is 0 Å². The zero-order valence-corrected chi connectivity index (χ0v) is 51.5. The van der Waals surface area contributed by atoms with Crippen LogP contribution >= 0.6 is 0 Å². The van der Waals surface area contributed by atoms with Gasteiger partial charge in [-0.05, 0) is 89.9 Å². The lowest BCUT2D eigenvalue weighted by molar-refractivity contribution is -0.301. The maximum absolute atomic E-state index is 13.2. The number of carbonyl (C=O) groups excluding carboxylic acids is 3. The summed E-state index contributed by atoms with van der Waals surface area (Å²) in [6.07, 6.45) is 60.0. The Hall–Kier alpha value is -3.84. The van der Waals surface area contributed by atoms with E-state index in [1.54, 1.807) is 0 Å². The molecular formula is C69H118O12. The number of rotatable bonds is 56. The van der Waals surface area contributed by atoms with Gasteiger partial charge < -0.3 is 39.0 Å². The quantitative estimate of drug-likeness (QED) is 0.0228. The third-order valence-corrected chi connectivity index (χ3v) is 14.8. The van der Waals surface area contributed by atoms with Crippen LogP contribution in [0.15, 0.2) is 72.9 Å². The lowest BCUT2D eigenvalue weighted by Crippen LogP contribution is -2.61. The fourth-order valence-electron chi connectivity index (χ4n) is 9.74. The normalized spacial score (nSPS) is 18.2. The zero-order chi connectivity index (χ0) is 58.9. The molecule has 81 heavy (non-hydrogen) atoms. The molecule has 12 nitrogen and oxygen atoms in total. The van der Waals surface area contributed by atoms with Crippen LogP contribution in [0.1, 0.15) is 290 Å². The highest BCUT2D eigenvalue weighted by molar-refractivity contribution is 5.74. The second-order valence-electron chi connectivity index (χ2n) is 22.4. The molecule has 0 radical (unpaired) electrons. The highest BCUT2D eigenvalue weighted by Crippen LogP contribution is 2.27. The number of unbranched alkanes of at least 4 members (excludes halogenated alkanes) is 30. The molecule has 1 aliphatic heterocycles. The van der Waals surface area contributed by atoms with Gasteiger partial charge in [-0.1, -0.05) is 254 Å². The molecule has 0 aromatic carbocycles. The Morgan fingerprint density at radius 3 is 1.21 bits per heavy atom. The molecule has 1 fully saturated rings. The number of hydrogen-bond donors (Lipinski definition) is 3. The fraction of sp³-hybridized carbons (Fsp3) is 0.768. The van der Waals surface area contributed by atoms with Crippen molar-refractivity contribution in [1.29, 1.82) is 0 Å². The number of ether oxygens (including phenoxy) is 5. The van der Waals surface area contributed by atoms with E-state index >= 15 is 0 Å². The Balaban J connectivity index is 2.66. The summed E-state index contributed by atoms with van der Waals surface area (Å²) >= 11 is 0. The summed E-state index contributed by atoms with van der Waals surface area (Å²) in [4.78, 5) is 51.3. The van der Waals surface area contributed by atoms with Gasteiger partial charge in [0.2, 0.25) is 0 Å². The van der Waals surface area contributed by atoms with Crippen molar-refractivity contribution in [2.75, 3.05) is 13.2 Å². The van der Waals surface area contributed by atoms with Crippen molar-refractivity contribution >= 4 is 23.9 Å². The maximum atomic E-state index is 13.2. The minimum absolute atomic E-state index is 0.0584. The van der Waals surface area contributed by atoms with Crippen molar-refractivity contribution in [3.63, 3.8) is 0 Å². The minimum atomic E-state index is -1.91. The van der Waals surface area contributed by atoms with E-state index in [1.807, 2.05) is 0 Å². The molecule has 12 heteroatoms. The smallest absolute Gasteiger partial charge is 0.335 e. The molecule has 0 aromatic heterocycles. The van der Waals surface area contributed by atoms with Crippen molar-refractivity contribution in [1.82, 2.24) is 0 Å². The summed E-state index contributed by atoms with van der Waals surface area (Å²) in [6.45, 7) is 5.86. The molecule has 1 heterocycles. The molecule has 3 N–H and O–H groups in total. The highest BCUT2D eigenvalue weighted by Gasteiger charge is 2.50. The van der Waals surface area contributed by atoms with Gasteiger partial charge in [-0.15, -0.1) is 0 Å². The first-order valence-electron chi connectivity index (χ1n) is 32.9. The number of carboxylic acids is 1. The SMILES string of the molecule is CC/C=C\C/C=C\C/C=C\C/C=C\CCCCCCC(=O)OCC(COC1OC(C(=O)O)C(O)C(O)C1OC(=O)CCCCCCCCCCCCCCCCCCCCC)OC(=O)CCCCCCC/C=C\C/C=C\CCCCC. The largest absolute Gasteiger partial charge is 0.479 e. The molecule has 1 aliphatic rings. The summed E-state index contributed by atoms with van der Waals surface area (Å²) in [5, 5.41) is 31.6. The molecule has 0 spiro atoms. The summed E-state index contributed by atoms with van der Waals surface area (Å²) in [5.74, 6) is -3.15. The molecule has 6 atom stereocenters. The second-order valence-corrected chi connectivity index (χ2v) is 22.4. The molecular weight excluding hydrogens is 1020 g/mol. The number of allylic oxidation sites excluding steroid dienone is 12. The lowest BCUT2D eigenvalue weighted by atomic mass is 9.98. The van der Waals surface area contributed by atoms with Crippen LogP contribution < -0.4 is 0 Å². The topological polar surface area (TPSA) is 175 Å². The summed E-state index contributed by atoms with van der Waals surface area (Å²) < 4.78 is 28.5. The van der Waals surface area contributed by atoms with Crippen LogP contribution in [-0.2, 0) is 42.9 Å². The summed E-state index contributed by atoms with van der Waals surface area (Å²) in [5.41, 5.74) is 0. The fourth-order valence-corrected chi connectivity index (χ4v) is 9.74. The third-order valence-electron chi connectivity index (χ3n) is 14.8. The first kappa shape index (κ1) is 75.2. The average molecular weight is 1140 g/mol. The van der Waals surface area contributed by atoms with Gasteiger partial charge in [-0.3, -0.25) is 14.4 Å². The van der Waals surface area contributed by atoms with Gasteiger partial charge in [0.05, 0.1) is 6.61 Å². The summed E-state index contributed by atoms with van der Waals surface area (Å²) in [6, 6.07) is 0. The van der Waals surface area contributed by atoms with E-state index in [-0.39, 0.29) is 25.9 Å². The van der Waals surface area contributed by atoms with Crippen LogP contribution in [-0.4, -0.2) is 89.2 Å². The number of esters is 3. The minimum Gasteiger partial charge on any atom is -0.479 e. The molecule has 0 aromatic rings. The van der Waals surface area contributed by atoms with Crippen molar-refractivity contribution in [2.45, 2.75) is 327 Å². The first-order valence-corrected chi connectivity index (χ1v) is 32.9. The Bertz CT molecular complexity index is 1680. The van der Waals surface area contributed by atoms with Gasteiger partial charge >= 0.3 is 23.9 Å². The Labute approximate surface area is 493 Å². The van der Waals surface area contributed by atoms with E-state index in [2.05, 4.69) is 93.7 Å². The Morgan fingerprint density at radius 1 is 0.420 bits per heavy atom. The van der Waals surface area contributed by atoms with Gasteiger partial charge in [0.25, 0.3) is 0 Å². The van der Waals surface area contributed by atoms with E-state index in [1.165, 1.54) is 109 Å². The number of carboxylic acid groups (broad SMARTS) is 1. The van der Waals surface area contributed by atoms with E-state index in [0.717, 1.165) is 122 Å². The molecule has 6 unspecified atom stereocenters. The maximum Gasteiger partial charge on any atom is 0.335 e. The van der Waals surface area contributed by atoms with Crippen LogP contribution in [0.3, 0.4) is 0 Å². The predicted octanol–water partition coefficient (Wildman–Crippen LogP) is 17.7. The van der Waals surface area contributed by atoms with Crippen LogP contribution in [0.5, 0.6) is 0 Å². The van der Waals surface area contributed by atoms with E-state index in [9.17, 15) is 34.5 Å². The van der Waals surface area contributed by atoms with Gasteiger partial charge in [-0.25, -0.2) is 4.79 Å². The zero-order valence-electron chi connectivity index (χ0n) is 51.5. The Morgan fingerprint density at radius 2 is 0.778 bits per heavy atom. The first-order chi connectivity index (χ1) is 39.6. The highest BCUT2D eigenvalue weighted by atomic mass is 16.7. The van der Waals surface area contributed by atoms with Crippen molar-refractivity contribution in [2.24, 2.45) is 0 Å². The van der Waals surface area contributed by atoms with Crippen LogP contribution in [0.2, 0.25) is 0 Å². The van der Waals surface area contributed by atoms with Crippen LogP contribution in [0.25, 0.3) is 0 Å². The number of aliphatic hydroxyl groups excluding tert-OH is 2. The third kappa shape index (κ3) is 46.3. The molecule has 0 saturated carbocycles. The van der Waals surface area contributed by atoms with E-state index < -0.39 is 67.3 Å². The molecule has 0 aliphatic carbocycles. The number of aliphatic carboxylic acids is 1. The monoisotopic (exact) mass is 1140 g/mol. The number of hydrogen-bond acceptors (Lipinski definition) is 11. The predicted molar refractivity (Wildman–Crippen MR) is 331 cm³/mol. The van der Waals surface area contributed by atoms with E-state index in [4.69, 9.17) is 23.7 Å². The lowest BCUT2D eigenvalue weighted by Gasteiger charge is -2.40.